The number of fused-ring (bicyclic) bond motifs is 1. The number of hydrogen-bond donors (Lipinski definition) is 0. The molecule has 0 aromatic heterocycles. The van der Waals surface area contributed by atoms with E-state index in [4.69, 9.17) is 9.47 Å². The Bertz CT molecular complexity index is 889. The van der Waals surface area contributed by atoms with Crippen molar-refractivity contribution < 1.29 is 23.0 Å². The van der Waals surface area contributed by atoms with Crippen molar-refractivity contribution in [2.75, 3.05) is 6.61 Å². The quantitative estimate of drug-likeness (QED) is 0.513. The van der Waals surface area contributed by atoms with Crippen LogP contribution >= 0.6 is 0 Å². The third kappa shape index (κ3) is 3.20. The van der Waals surface area contributed by atoms with E-state index in [-0.39, 0.29) is 11.1 Å². The lowest BCUT2D eigenvalue weighted by molar-refractivity contribution is 0.0735. The first-order valence-corrected chi connectivity index (χ1v) is 7.41. The minimum absolute atomic E-state index is 0.135. The molecule has 24 heavy (non-hydrogen) atoms. The molecule has 0 bridgehead atoms. The molecule has 3 rings (SSSR count). The molecule has 0 heterocycles. The summed E-state index contributed by atoms with van der Waals surface area (Å²) in [5.74, 6) is -1.46. The molecule has 5 heteroatoms. The Morgan fingerprint density at radius 2 is 1.67 bits per heavy atom. The molecule has 3 aromatic rings. The zero-order chi connectivity index (χ0) is 17.1. The van der Waals surface area contributed by atoms with Crippen molar-refractivity contribution in [1.82, 2.24) is 0 Å². The van der Waals surface area contributed by atoms with Gasteiger partial charge in [0.1, 0.15) is 11.5 Å². The summed E-state index contributed by atoms with van der Waals surface area (Å²) in [7, 11) is 0. The molecule has 0 aliphatic carbocycles. The smallest absolute Gasteiger partial charge is 0.343 e. The largest absolute Gasteiger partial charge is 0.494 e. The van der Waals surface area contributed by atoms with E-state index < -0.39 is 17.6 Å². The van der Waals surface area contributed by atoms with Crippen molar-refractivity contribution in [1.29, 1.82) is 0 Å². The van der Waals surface area contributed by atoms with Crippen LogP contribution in [0.4, 0.5) is 8.78 Å². The zero-order valence-electron chi connectivity index (χ0n) is 12.9. The van der Waals surface area contributed by atoms with Crippen molar-refractivity contribution in [3.8, 4) is 11.5 Å². The van der Waals surface area contributed by atoms with E-state index in [1.54, 1.807) is 24.3 Å². The second-order valence-electron chi connectivity index (χ2n) is 5.09. The number of esters is 1. The van der Waals surface area contributed by atoms with Crippen molar-refractivity contribution >= 4 is 16.7 Å². The molecular weight excluding hydrogens is 314 g/mol. The Hall–Kier alpha value is -2.95. The first-order valence-electron chi connectivity index (χ1n) is 7.41. The molecule has 0 spiro atoms. The van der Waals surface area contributed by atoms with Crippen LogP contribution in [-0.2, 0) is 0 Å². The van der Waals surface area contributed by atoms with Gasteiger partial charge in [-0.15, -0.1) is 0 Å². The fourth-order valence-electron chi connectivity index (χ4n) is 2.33. The van der Waals surface area contributed by atoms with Gasteiger partial charge in [0.15, 0.2) is 11.6 Å². The average molecular weight is 328 g/mol. The lowest BCUT2D eigenvalue weighted by Crippen LogP contribution is -2.08. The monoisotopic (exact) mass is 328 g/mol. The summed E-state index contributed by atoms with van der Waals surface area (Å²) in [5, 5.41) is 0.585. The van der Waals surface area contributed by atoms with Crippen LogP contribution in [0.5, 0.6) is 11.5 Å². The van der Waals surface area contributed by atoms with Crippen LogP contribution in [0.3, 0.4) is 0 Å². The molecule has 122 valence electrons. The number of benzene rings is 3. The average Bonchev–Trinajstić information content (AvgIpc) is 2.59. The van der Waals surface area contributed by atoms with Crippen LogP contribution in [0, 0.1) is 11.6 Å². The third-order valence-corrected chi connectivity index (χ3v) is 3.49. The van der Waals surface area contributed by atoms with Crippen LogP contribution in [0.1, 0.15) is 17.3 Å². The van der Waals surface area contributed by atoms with E-state index in [1.807, 2.05) is 6.92 Å². The minimum atomic E-state index is -0.920. The Labute approximate surface area is 137 Å². The molecule has 3 nitrogen and oxygen atoms in total. The second kappa shape index (κ2) is 6.66. The molecule has 3 aromatic carbocycles. The molecule has 0 aliphatic heterocycles. The summed E-state index contributed by atoms with van der Waals surface area (Å²) in [6.45, 7) is 2.41. The van der Waals surface area contributed by atoms with Crippen LogP contribution in [0.25, 0.3) is 10.8 Å². The minimum Gasteiger partial charge on any atom is -0.494 e. The van der Waals surface area contributed by atoms with Gasteiger partial charge in [0.2, 0.25) is 0 Å². The summed E-state index contributed by atoms with van der Waals surface area (Å²) in [4.78, 5) is 12.1. The van der Waals surface area contributed by atoms with E-state index in [9.17, 15) is 13.6 Å². The van der Waals surface area contributed by atoms with E-state index in [1.165, 1.54) is 24.3 Å². The molecule has 0 N–H and O–H groups in total. The number of carbonyl (C=O) groups excluding carboxylic acids is 1. The van der Waals surface area contributed by atoms with E-state index in [0.29, 0.717) is 23.3 Å². The van der Waals surface area contributed by atoms with Crippen molar-refractivity contribution in [3.63, 3.8) is 0 Å². The summed E-state index contributed by atoms with van der Waals surface area (Å²) in [5.41, 5.74) is 0.365. The van der Waals surface area contributed by atoms with E-state index in [2.05, 4.69) is 0 Å². The number of carbonyl (C=O) groups is 1. The SMILES string of the molecule is CCOc1ccc(C(=O)Oc2ccc3c(F)c(F)ccc3c2)cc1. The van der Waals surface area contributed by atoms with Crippen LogP contribution in [0.15, 0.2) is 54.6 Å². The van der Waals surface area contributed by atoms with E-state index >= 15 is 0 Å². The summed E-state index contributed by atoms with van der Waals surface area (Å²) in [6, 6.07) is 13.3. The molecule has 0 atom stereocenters. The highest BCUT2D eigenvalue weighted by Crippen LogP contribution is 2.25. The summed E-state index contributed by atoms with van der Waals surface area (Å²) >= 11 is 0. The van der Waals surface area contributed by atoms with Crippen molar-refractivity contribution in [2.45, 2.75) is 6.92 Å². The Morgan fingerprint density at radius 1 is 0.958 bits per heavy atom. The Kier molecular flexibility index (Phi) is 4.42. The highest BCUT2D eigenvalue weighted by atomic mass is 19.2. The van der Waals surface area contributed by atoms with Crippen molar-refractivity contribution in [3.05, 3.63) is 71.8 Å². The number of rotatable bonds is 4. The first kappa shape index (κ1) is 15.9. The molecule has 0 radical (unpaired) electrons. The topological polar surface area (TPSA) is 35.5 Å². The summed E-state index contributed by atoms with van der Waals surface area (Å²) < 4.78 is 37.5. The predicted molar refractivity (Wildman–Crippen MR) is 86.4 cm³/mol. The van der Waals surface area contributed by atoms with Gasteiger partial charge in [0, 0.05) is 5.39 Å². The van der Waals surface area contributed by atoms with Gasteiger partial charge in [-0.3, -0.25) is 0 Å². The van der Waals surface area contributed by atoms with Gasteiger partial charge in [-0.2, -0.15) is 0 Å². The second-order valence-corrected chi connectivity index (χ2v) is 5.09. The molecule has 0 saturated heterocycles. The van der Waals surface area contributed by atoms with Gasteiger partial charge in [-0.25, -0.2) is 13.6 Å². The first-order chi connectivity index (χ1) is 11.6. The maximum atomic E-state index is 13.7. The zero-order valence-corrected chi connectivity index (χ0v) is 12.9. The number of ether oxygens (including phenoxy) is 2. The maximum absolute atomic E-state index is 13.7. The third-order valence-electron chi connectivity index (χ3n) is 3.49. The highest BCUT2D eigenvalue weighted by molar-refractivity contribution is 5.92. The molecule has 0 aliphatic rings. The van der Waals surface area contributed by atoms with Crippen LogP contribution in [-0.4, -0.2) is 12.6 Å². The maximum Gasteiger partial charge on any atom is 0.343 e. The van der Waals surface area contributed by atoms with Crippen LogP contribution < -0.4 is 9.47 Å². The van der Waals surface area contributed by atoms with E-state index in [0.717, 1.165) is 6.07 Å². The lowest BCUT2D eigenvalue weighted by atomic mass is 10.1. The van der Waals surface area contributed by atoms with Gasteiger partial charge >= 0.3 is 5.97 Å². The Morgan fingerprint density at radius 3 is 2.38 bits per heavy atom. The lowest BCUT2D eigenvalue weighted by Gasteiger charge is -2.07. The van der Waals surface area contributed by atoms with Crippen molar-refractivity contribution in [2.24, 2.45) is 0 Å². The standard InChI is InChI=1S/C19H14F2O3/c1-2-23-14-6-3-12(4-7-14)19(22)24-15-8-9-16-13(11-15)5-10-17(20)18(16)21/h3-11H,2H2,1H3. The molecule has 0 unspecified atom stereocenters. The molecule has 0 fully saturated rings. The highest BCUT2D eigenvalue weighted by Gasteiger charge is 2.11. The van der Waals surface area contributed by atoms with Gasteiger partial charge in [0.05, 0.1) is 12.2 Å². The fourth-order valence-corrected chi connectivity index (χ4v) is 2.33. The van der Waals surface area contributed by atoms with Gasteiger partial charge < -0.3 is 9.47 Å². The van der Waals surface area contributed by atoms with Gasteiger partial charge in [0.25, 0.3) is 0 Å². The van der Waals surface area contributed by atoms with Gasteiger partial charge in [-0.1, -0.05) is 6.07 Å². The van der Waals surface area contributed by atoms with Gasteiger partial charge in [-0.05, 0) is 60.8 Å². The normalized spacial score (nSPS) is 10.6. The predicted octanol–water partition coefficient (Wildman–Crippen LogP) is 4.74. The summed E-state index contributed by atoms with van der Waals surface area (Å²) in [6.07, 6.45) is 0. The van der Waals surface area contributed by atoms with Crippen LogP contribution in [0.2, 0.25) is 0 Å². The molecule has 0 amide bonds. The molecular formula is C19H14F2O3. The molecule has 0 saturated carbocycles. The number of halogens is 2. The number of hydrogen-bond acceptors (Lipinski definition) is 3. The fraction of sp³-hybridized carbons (Fsp3) is 0.105. The Balaban J connectivity index is 1.81.